The molecule has 0 N–H and O–H groups in total. The highest BCUT2D eigenvalue weighted by molar-refractivity contribution is 5.98. The number of ether oxygens (including phenoxy) is 2. The topological polar surface area (TPSA) is 59.3 Å². The van der Waals surface area contributed by atoms with Crippen molar-refractivity contribution in [1.82, 2.24) is 0 Å². The molecule has 0 aliphatic carbocycles. The number of nitrogens with zero attached hydrogens (tertiary/aromatic N) is 1. The van der Waals surface area contributed by atoms with Crippen molar-refractivity contribution in [2.45, 2.75) is 20.0 Å². The van der Waals surface area contributed by atoms with Gasteiger partial charge in [-0.3, -0.25) is 0 Å². The largest absolute Gasteiger partial charge is 0.490 e. The first-order valence-corrected chi connectivity index (χ1v) is 5.54. The van der Waals surface area contributed by atoms with Crippen LogP contribution in [-0.2, 0) is 9.53 Å². The van der Waals surface area contributed by atoms with Gasteiger partial charge in [0.25, 0.3) is 0 Å². The van der Waals surface area contributed by atoms with Gasteiger partial charge in [0, 0.05) is 5.56 Å². The number of hydrogen-bond donors (Lipinski definition) is 0. The van der Waals surface area contributed by atoms with E-state index in [1.165, 1.54) is 13.2 Å². The molecule has 0 spiro atoms. The highest BCUT2D eigenvalue weighted by Crippen LogP contribution is 2.22. The van der Waals surface area contributed by atoms with E-state index in [0.717, 1.165) is 0 Å². The van der Waals surface area contributed by atoms with E-state index in [1.807, 2.05) is 32.0 Å². The summed E-state index contributed by atoms with van der Waals surface area (Å²) in [6.45, 7) is 3.82. The number of para-hydroxylation sites is 1. The zero-order chi connectivity index (χ0) is 13.5. The molecule has 0 heterocycles. The number of rotatable bonds is 4. The lowest BCUT2D eigenvalue weighted by atomic mass is 10.1. The fourth-order valence-corrected chi connectivity index (χ4v) is 1.36. The zero-order valence-electron chi connectivity index (χ0n) is 10.6. The van der Waals surface area contributed by atoms with Gasteiger partial charge >= 0.3 is 5.97 Å². The highest BCUT2D eigenvalue weighted by atomic mass is 16.5. The number of benzene rings is 1. The molecular weight excluding hydrogens is 230 g/mol. The Hall–Kier alpha value is -2.28. The summed E-state index contributed by atoms with van der Waals surface area (Å²) in [5.74, 6) is -0.0268. The van der Waals surface area contributed by atoms with Gasteiger partial charge in [-0.2, -0.15) is 5.26 Å². The first-order chi connectivity index (χ1) is 8.58. The van der Waals surface area contributed by atoms with Crippen LogP contribution in [0.2, 0.25) is 0 Å². The molecular formula is C14H15NO3. The van der Waals surface area contributed by atoms with Crippen molar-refractivity contribution in [1.29, 1.82) is 5.26 Å². The molecule has 0 saturated carbocycles. The number of hydrogen-bond acceptors (Lipinski definition) is 4. The van der Waals surface area contributed by atoms with Crippen LogP contribution in [-0.4, -0.2) is 19.2 Å². The smallest absolute Gasteiger partial charge is 0.348 e. The molecule has 1 aromatic carbocycles. The summed E-state index contributed by atoms with van der Waals surface area (Å²) in [6.07, 6.45) is 1.48. The van der Waals surface area contributed by atoms with Gasteiger partial charge in [-0.15, -0.1) is 0 Å². The normalized spacial score (nSPS) is 10.9. The van der Waals surface area contributed by atoms with Crippen molar-refractivity contribution in [3.05, 3.63) is 35.4 Å². The van der Waals surface area contributed by atoms with E-state index in [-0.39, 0.29) is 11.7 Å². The average molecular weight is 245 g/mol. The third-order valence-electron chi connectivity index (χ3n) is 2.11. The van der Waals surface area contributed by atoms with Crippen molar-refractivity contribution in [2.24, 2.45) is 0 Å². The lowest BCUT2D eigenvalue weighted by Gasteiger charge is -2.12. The van der Waals surface area contributed by atoms with Crippen LogP contribution in [0.3, 0.4) is 0 Å². The van der Waals surface area contributed by atoms with Crippen LogP contribution in [0.5, 0.6) is 5.75 Å². The van der Waals surface area contributed by atoms with Crippen LogP contribution in [0.15, 0.2) is 29.8 Å². The van der Waals surface area contributed by atoms with Gasteiger partial charge in [0.15, 0.2) is 0 Å². The van der Waals surface area contributed by atoms with Gasteiger partial charge in [-0.05, 0) is 26.0 Å². The SMILES string of the molecule is COC(=O)C(C#N)=Cc1ccccc1OC(C)C. The molecule has 4 heteroatoms. The van der Waals surface area contributed by atoms with Gasteiger partial charge in [0.1, 0.15) is 17.4 Å². The van der Waals surface area contributed by atoms with Crippen LogP contribution < -0.4 is 4.74 Å². The third kappa shape index (κ3) is 3.63. The minimum Gasteiger partial charge on any atom is -0.490 e. The minimum absolute atomic E-state index is 0.0169. The van der Waals surface area contributed by atoms with Crippen molar-refractivity contribution in [2.75, 3.05) is 7.11 Å². The second-order valence-corrected chi connectivity index (χ2v) is 3.87. The number of nitriles is 1. The van der Waals surface area contributed by atoms with Gasteiger partial charge in [-0.1, -0.05) is 18.2 Å². The van der Waals surface area contributed by atoms with E-state index in [0.29, 0.717) is 11.3 Å². The van der Waals surface area contributed by atoms with Crippen LogP contribution in [0, 0.1) is 11.3 Å². The summed E-state index contributed by atoms with van der Waals surface area (Å²) >= 11 is 0. The van der Waals surface area contributed by atoms with E-state index in [1.54, 1.807) is 12.1 Å². The Bertz CT molecular complexity index is 498. The lowest BCUT2D eigenvalue weighted by Crippen LogP contribution is -2.07. The van der Waals surface area contributed by atoms with Gasteiger partial charge in [0.2, 0.25) is 0 Å². The Morgan fingerprint density at radius 2 is 2.06 bits per heavy atom. The lowest BCUT2D eigenvalue weighted by molar-refractivity contribution is -0.135. The monoisotopic (exact) mass is 245 g/mol. The molecule has 0 atom stereocenters. The molecule has 94 valence electrons. The fourth-order valence-electron chi connectivity index (χ4n) is 1.36. The molecule has 18 heavy (non-hydrogen) atoms. The molecule has 1 rings (SSSR count). The molecule has 0 radical (unpaired) electrons. The number of esters is 1. The van der Waals surface area contributed by atoms with E-state index < -0.39 is 5.97 Å². The quantitative estimate of drug-likeness (QED) is 0.464. The first-order valence-electron chi connectivity index (χ1n) is 5.54. The Morgan fingerprint density at radius 1 is 1.39 bits per heavy atom. The maximum atomic E-state index is 11.3. The highest BCUT2D eigenvalue weighted by Gasteiger charge is 2.10. The predicted octanol–water partition coefficient (Wildman–Crippen LogP) is 2.55. The Labute approximate surface area is 106 Å². The maximum Gasteiger partial charge on any atom is 0.348 e. The minimum atomic E-state index is -0.656. The van der Waals surface area contributed by atoms with E-state index in [9.17, 15) is 4.79 Å². The molecule has 0 aromatic heterocycles. The van der Waals surface area contributed by atoms with Gasteiger partial charge in [-0.25, -0.2) is 4.79 Å². The summed E-state index contributed by atoms with van der Waals surface area (Å²) in [6, 6.07) is 9.02. The summed E-state index contributed by atoms with van der Waals surface area (Å²) < 4.78 is 10.1. The predicted molar refractivity (Wildman–Crippen MR) is 67.8 cm³/mol. The van der Waals surface area contributed by atoms with E-state index in [2.05, 4.69) is 4.74 Å². The second-order valence-electron chi connectivity index (χ2n) is 3.87. The molecule has 0 aliphatic rings. The standard InChI is InChI=1S/C14H15NO3/c1-10(2)18-13-7-5-4-6-11(13)8-12(9-15)14(16)17-3/h4-8,10H,1-3H3. The summed E-state index contributed by atoms with van der Waals surface area (Å²) in [5.41, 5.74) is 0.616. The zero-order valence-corrected chi connectivity index (χ0v) is 10.6. The molecule has 0 fully saturated rings. The van der Waals surface area contributed by atoms with Crippen molar-refractivity contribution in [3.63, 3.8) is 0 Å². The summed E-state index contributed by atoms with van der Waals surface area (Å²) in [5, 5.41) is 8.90. The summed E-state index contributed by atoms with van der Waals surface area (Å²) in [7, 11) is 1.24. The molecule has 0 saturated heterocycles. The molecule has 4 nitrogen and oxygen atoms in total. The van der Waals surface area contributed by atoms with Crippen LogP contribution in [0.4, 0.5) is 0 Å². The molecule has 0 aliphatic heterocycles. The van der Waals surface area contributed by atoms with E-state index >= 15 is 0 Å². The number of methoxy groups -OCH3 is 1. The van der Waals surface area contributed by atoms with Crippen LogP contribution in [0.25, 0.3) is 6.08 Å². The fraction of sp³-hybridized carbons (Fsp3) is 0.286. The van der Waals surface area contributed by atoms with Crippen LogP contribution in [0.1, 0.15) is 19.4 Å². The third-order valence-corrected chi connectivity index (χ3v) is 2.11. The van der Waals surface area contributed by atoms with Crippen molar-refractivity contribution < 1.29 is 14.3 Å². The molecule has 1 aromatic rings. The van der Waals surface area contributed by atoms with E-state index in [4.69, 9.17) is 10.00 Å². The number of carbonyl (C=O) groups excluding carboxylic acids is 1. The second kappa shape index (κ2) is 6.45. The van der Waals surface area contributed by atoms with Gasteiger partial charge in [0.05, 0.1) is 13.2 Å². The molecule has 0 bridgehead atoms. The average Bonchev–Trinajstić information content (AvgIpc) is 2.36. The first kappa shape index (κ1) is 13.8. The van der Waals surface area contributed by atoms with Gasteiger partial charge < -0.3 is 9.47 Å². The maximum absolute atomic E-state index is 11.3. The van der Waals surface area contributed by atoms with Crippen molar-refractivity contribution >= 4 is 12.0 Å². The van der Waals surface area contributed by atoms with Crippen molar-refractivity contribution in [3.8, 4) is 11.8 Å². The molecule has 0 unspecified atom stereocenters. The number of carbonyl (C=O) groups is 1. The Morgan fingerprint density at radius 3 is 2.61 bits per heavy atom. The van der Waals surface area contributed by atoms with Crippen LogP contribution >= 0.6 is 0 Å². The molecule has 0 amide bonds. The Balaban J connectivity index is 3.13. The summed E-state index contributed by atoms with van der Waals surface area (Å²) in [4.78, 5) is 11.3. The Kier molecular flexibility index (Phi) is 4.94.